The molecule has 0 spiro atoms. The molecule has 1 fully saturated rings. The first-order valence-electron chi connectivity index (χ1n) is 10.4. The third kappa shape index (κ3) is 3.76. The van der Waals surface area contributed by atoms with Gasteiger partial charge in [-0.1, -0.05) is 42.3 Å². The minimum atomic E-state index is -0.868. The number of nitriles is 1. The molecule has 0 saturated heterocycles. The van der Waals surface area contributed by atoms with Crippen molar-refractivity contribution in [3.05, 3.63) is 65.2 Å². The van der Waals surface area contributed by atoms with E-state index in [1.807, 2.05) is 19.1 Å². The van der Waals surface area contributed by atoms with Crippen LogP contribution in [0.4, 0.5) is 0 Å². The Bertz CT molecular complexity index is 981. The second kappa shape index (κ2) is 7.94. The highest BCUT2D eigenvalue weighted by Gasteiger charge is 2.51. The fraction of sp³-hybridized carbons (Fsp3) is 0.423. The zero-order valence-corrected chi connectivity index (χ0v) is 16.9. The van der Waals surface area contributed by atoms with Crippen LogP contribution >= 0.6 is 0 Å². The van der Waals surface area contributed by atoms with Gasteiger partial charge in [0.1, 0.15) is 17.4 Å². The molecule has 0 radical (unpaired) electrons. The van der Waals surface area contributed by atoms with Crippen LogP contribution in [-0.2, 0) is 18.3 Å². The molecule has 3 heteroatoms. The van der Waals surface area contributed by atoms with Crippen LogP contribution < -0.4 is 4.74 Å². The van der Waals surface area contributed by atoms with Gasteiger partial charge in [0.05, 0.1) is 0 Å². The standard InChI is InChI=1S/C26H27NO2/c1-2-12-25(28)13-14-26(18-20-6-4-3-5-7-20)22(19-25)9-8-21-17-23(29-16-15-27)10-11-24(21)26/h3-7,10-11,17,22,28H,8-9,13-14,16,18-19H2,1H3. The van der Waals surface area contributed by atoms with Crippen molar-refractivity contribution in [2.75, 3.05) is 6.61 Å². The number of hydrogen-bond acceptors (Lipinski definition) is 3. The van der Waals surface area contributed by atoms with Gasteiger partial charge in [-0.2, -0.15) is 5.26 Å². The summed E-state index contributed by atoms with van der Waals surface area (Å²) in [5, 5.41) is 19.9. The number of benzene rings is 2. The molecule has 3 atom stereocenters. The van der Waals surface area contributed by atoms with Crippen LogP contribution in [0.15, 0.2) is 48.5 Å². The summed E-state index contributed by atoms with van der Waals surface area (Å²) in [4.78, 5) is 0. The van der Waals surface area contributed by atoms with E-state index in [0.717, 1.165) is 37.9 Å². The summed E-state index contributed by atoms with van der Waals surface area (Å²) in [6.45, 7) is 1.88. The Morgan fingerprint density at radius 3 is 2.76 bits per heavy atom. The van der Waals surface area contributed by atoms with Crippen LogP contribution in [0.2, 0.25) is 0 Å². The van der Waals surface area contributed by atoms with Gasteiger partial charge in [-0.3, -0.25) is 0 Å². The highest BCUT2D eigenvalue weighted by atomic mass is 16.5. The predicted molar refractivity (Wildman–Crippen MR) is 113 cm³/mol. The van der Waals surface area contributed by atoms with E-state index in [-0.39, 0.29) is 12.0 Å². The number of fused-ring (bicyclic) bond motifs is 3. The molecule has 2 aliphatic carbocycles. The number of ether oxygens (including phenoxy) is 1. The topological polar surface area (TPSA) is 53.2 Å². The van der Waals surface area contributed by atoms with Crippen LogP contribution in [0, 0.1) is 29.1 Å². The molecule has 0 amide bonds. The lowest BCUT2D eigenvalue weighted by molar-refractivity contribution is -0.00804. The van der Waals surface area contributed by atoms with Gasteiger partial charge in [-0.05, 0) is 80.2 Å². The number of rotatable bonds is 4. The Labute approximate surface area is 173 Å². The molecule has 0 aromatic heterocycles. The molecule has 0 bridgehead atoms. The summed E-state index contributed by atoms with van der Waals surface area (Å²) in [6, 6.07) is 19.0. The van der Waals surface area contributed by atoms with Crippen LogP contribution in [0.1, 0.15) is 49.3 Å². The lowest BCUT2D eigenvalue weighted by atomic mass is 9.52. The molecule has 1 saturated carbocycles. The zero-order chi connectivity index (χ0) is 20.3. The van der Waals surface area contributed by atoms with E-state index < -0.39 is 5.60 Å². The minimum absolute atomic E-state index is 0.00431. The predicted octanol–water partition coefficient (Wildman–Crippen LogP) is 4.57. The van der Waals surface area contributed by atoms with E-state index in [0.29, 0.717) is 12.3 Å². The van der Waals surface area contributed by atoms with Gasteiger partial charge in [-0.25, -0.2) is 0 Å². The number of aryl methyl sites for hydroxylation is 1. The van der Waals surface area contributed by atoms with Crippen molar-refractivity contribution in [1.29, 1.82) is 5.26 Å². The minimum Gasteiger partial charge on any atom is -0.479 e. The second-order valence-electron chi connectivity index (χ2n) is 8.43. The van der Waals surface area contributed by atoms with Crippen molar-refractivity contribution in [3.8, 4) is 23.7 Å². The van der Waals surface area contributed by atoms with Crippen LogP contribution in [-0.4, -0.2) is 17.3 Å². The van der Waals surface area contributed by atoms with Gasteiger partial charge >= 0.3 is 0 Å². The molecule has 0 aliphatic heterocycles. The average molecular weight is 386 g/mol. The van der Waals surface area contributed by atoms with Crippen molar-refractivity contribution in [2.45, 2.75) is 56.5 Å². The van der Waals surface area contributed by atoms with Crippen LogP contribution in [0.25, 0.3) is 0 Å². The molecule has 0 heterocycles. The smallest absolute Gasteiger partial charge is 0.174 e. The molecule has 4 rings (SSSR count). The molecular formula is C26H27NO2. The Hall–Kier alpha value is -2.75. The molecule has 2 aromatic rings. The van der Waals surface area contributed by atoms with Crippen LogP contribution in [0.3, 0.4) is 0 Å². The van der Waals surface area contributed by atoms with Crippen molar-refractivity contribution in [2.24, 2.45) is 5.92 Å². The van der Waals surface area contributed by atoms with E-state index >= 15 is 0 Å². The van der Waals surface area contributed by atoms with Gasteiger partial charge in [0, 0.05) is 5.41 Å². The Morgan fingerprint density at radius 2 is 2.00 bits per heavy atom. The van der Waals surface area contributed by atoms with Gasteiger partial charge in [0.25, 0.3) is 0 Å². The van der Waals surface area contributed by atoms with Crippen molar-refractivity contribution >= 4 is 0 Å². The summed E-state index contributed by atoms with van der Waals surface area (Å²) in [7, 11) is 0. The van der Waals surface area contributed by atoms with Crippen molar-refractivity contribution in [3.63, 3.8) is 0 Å². The van der Waals surface area contributed by atoms with Gasteiger partial charge in [0.15, 0.2) is 6.61 Å². The molecular weight excluding hydrogens is 358 g/mol. The maximum Gasteiger partial charge on any atom is 0.174 e. The average Bonchev–Trinajstić information content (AvgIpc) is 2.73. The summed E-state index contributed by atoms with van der Waals surface area (Å²) >= 11 is 0. The molecule has 3 unspecified atom stereocenters. The Morgan fingerprint density at radius 1 is 1.17 bits per heavy atom. The van der Waals surface area contributed by atoms with Crippen LogP contribution in [0.5, 0.6) is 5.75 Å². The Kier molecular flexibility index (Phi) is 5.35. The van der Waals surface area contributed by atoms with E-state index in [4.69, 9.17) is 10.00 Å². The molecule has 2 aliphatic rings. The highest BCUT2D eigenvalue weighted by molar-refractivity contribution is 5.45. The third-order valence-electron chi connectivity index (χ3n) is 6.75. The van der Waals surface area contributed by atoms with E-state index in [1.54, 1.807) is 0 Å². The lowest BCUT2D eigenvalue weighted by Gasteiger charge is -2.52. The highest BCUT2D eigenvalue weighted by Crippen LogP contribution is 2.54. The van der Waals surface area contributed by atoms with E-state index in [1.165, 1.54) is 16.7 Å². The van der Waals surface area contributed by atoms with E-state index in [9.17, 15) is 5.11 Å². The SMILES string of the molecule is CC#CC1(O)CCC2(Cc3ccccc3)c3ccc(OCC#N)cc3CCC2C1. The summed E-state index contributed by atoms with van der Waals surface area (Å²) in [5.41, 5.74) is 3.17. The van der Waals surface area contributed by atoms with Gasteiger partial charge in [0.2, 0.25) is 0 Å². The first kappa shape index (κ1) is 19.6. The Balaban J connectivity index is 1.75. The zero-order valence-electron chi connectivity index (χ0n) is 16.9. The first-order chi connectivity index (χ1) is 14.1. The van der Waals surface area contributed by atoms with Gasteiger partial charge in [-0.15, -0.1) is 5.92 Å². The summed E-state index contributed by atoms with van der Waals surface area (Å²) in [5.74, 6) is 7.18. The van der Waals surface area contributed by atoms with Gasteiger partial charge < -0.3 is 9.84 Å². The fourth-order valence-electron chi connectivity index (χ4n) is 5.50. The molecule has 29 heavy (non-hydrogen) atoms. The molecule has 3 nitrogen and oxygen atoms in total. The van der Waals surface area contributed by atoms with Crippen molar-refractivity contribution < 1.29 is 9.84 Å². The maximum atomic E-state index is 11.1. The maximum absolute atomic E-state index is 11.1. The fourth-order valence-corrected chi connectivity index (χ4v) is 5.50. The summed E-state index contributed by atoms with van der Waals surface area (Å²) in [6.07, 6.45) is 5.32. The monoisotopic (exact) mass is 385 g/mol. The lowest BCUT2D eigenvalue weighted by Crippen LogP contribution is -2.50. The number of aliphatic hydroxyl groups is 1. The largest absolute Gasteiger partial charge is 0.479 e. The second-order valence-corrected chi connectivity index (χ2v) is 8.43. The number of hydrogen-bond donors (Lipinski definition) is 1. The third-order valence-corrected chi connectivity index (χ3v) is 6.75. The molecule has 2 aromatic carbocycles. The van der Waals surface area contributed by atoms with E-state index in [2.05, 4.69) is 54.3 Å². The molecule has 148 valence electrons. The molecule has 1 N–H and O–H groups in total. The normalized spacial score (nSPS) is 27.6. The van der Waals surface area contributed by atoms with Crippen molar-refractivity contribution in [1.82, 2.24) is 0 Å². The first-order valence-corrected chi connectivity index (χ1v) is 10.4. The number of nitrogens with zero attached hydrogens (tertiary/aromatic N) is 1. The summed E-state index contributed by atoms with van der Waals surface area (Å²) < 4.78 is 5.55. The quantitative estimate of drug-likeness (QED) is 0.785.